The molecule has 0 unspecified atom stereocenters. The van der Waals surface area contributed by atoms with Gasteiger partial charge in [0.25, 0.3) is 0 Å². The first-order chi connectivity index (χ1) is 7.48. The van der Waals surface area contributed by atoms with E-state index in [0.29, 0.717) is 0 Å². The van der Waals surface area contributed by atoms with E-state index in [1.165, 1.54) is 5.32 Å². The standard InChI is InChI=1S/C7H5F6NO3/c8-6(9,10)3(15)17-4(16)14-5(1-2-5)7(11,12)13/h1-2H2,(H,14,16). The number of carbonyl (C=O) groups is 2. The lowest BCUT2D eigenvalue weighted by Gasteiger charge is -2.19. The molecular formula is C7H5F6NO3. The van der Waals surface area contributed by atoms with Gasteiger partial charge in [-0.1, -0.05) is 0 Å². The molecule has 1 rings (SSSR count). The van der Waals surface area contributed by atoms with Crippen molar-refractivity contribution < 1.29 is 40.7 Å². The summed E-state index contributed by atoms with van der Waals surface area (Å²) in [5.74, 6) is -2.87. The molecule has 0 spiro atoms. The maximum absolute atomic E-state index is 12.3. The van der Waals surface area contributed by atoms with E-state index in [4.69, 9.17) is 0 Å². The third kappa shape index (κ3) is 3.01. The lowest BCUT2D eigenvalue weighted by molar-refractivity contribution is -0.194. The van der Waals surface area contributed by atoms with Gasteiger partial charge in [0.1, 0.15) is 5.54 Å². The molecule has 1 fully saturated rings. The summed E-state index contributed by atoms with van der Waals surface area (Å²) in [6, 6.07) is 0. The van der Waals surface area contributed by atoms with Crippen LogP contribution in [0, 0.1) is 0 Å². The highest BCUT2D eigenvalue weighted by molar-refractivity contribution is 5.88. The summed E-state index contributed by atoms with van der Waals surface area (Å²) < 4.78 is 74.8. The number of nitrogens with one attached hydrogen (secondary N) is 1. The van der Waals surface area contributed by atoms with Gasteiger partial charge in [-0.25, -0.2) is 9.59 Å². The molecule has 1 amide bonds. The molecule has 17 heavy (non-hydrogen) atoms. The van der Waals surface area contributed by atoms with E-state index in [2.05, 4.69) is 4.74 Å². The Bertz CT molecular complexity index is 342. The summed E-state index contributed by atoms with van der Waals surface area (Å²) in [6.45, 7) is 0. The van der Waals surface area contributed by atoms with Crippen LogP contribution in [0.2, 0.25) is 0 Å². The Morgan fingerprint density at radius 1 is 1.06 bits per heavy atom. The molecule has 0 heterocycles. The minimum absolute atomic E-state index is 0.466. The van der Waals surface area contributed by atoms with Crippen molar-refractivity contribution in [3.05, 3.63) is 0 Å². The number of alkyl carbamates (subject to hydrolysis) is 1. The Morgan fingerprint density at radius 3 is 1.82 bits per heavy atom. The van der Waals surface area contributed by atoms with Crippen LogP contribution >= 0.6 is 0 Å². The molecule has 0 saturated heterocycles. The second-order valence-corrected chi connectivity index (χ2v) is 3.38. The van der Waals surface area contributed by atoms with Gasteiger partial charge in [0.2, 0.25) is 0 Å². The Kier molecular flexibility index (Phi) is 3.02. The zero-order chi connectivity index (χ0) is 13.5. The van der Waals surface area contributed by atoms with Gasteiger partial charge < -0.3 is 10.1 Å². The van der Waals surface area contributed by atoms with E-state index in [1.807, 2.05) is 0 Å². The van der Waals surface area contributed by atoms with E-state index >= 15 is 0 Å². The predicted octanol–water partition coefficient (Wildman–Crippen LogP) is 1.90. The first-order valence-electron chi connectivity index (χ1n) is 4.16. The molecule has 0 bridgehead atoms. The van der Waals surface area contributed by atoms with Crippen LogP contribution in [0.25, 0.3) is 0 Å². The summed E-state index contributed by atoms with van der Waals surface area (Å²) in [6.07, 6.45) is -13.2. The molecule has 1 saturated carbocycles. The molecule has 4 nitrogen and oxygen atoms in total. The van der Waals surface area contributed by atoms with Crippen LogP contribution in [-0.2, 0) is 9.53 Å². The number of ether oxygens (including phenoxy) is 1. The fraction of sp³-hybridized carbons (Fsp3) is 0.714. The van der Waals surface area contributed by atoms with Crippen LogP contribution in [0.4, 0.5) is 31.1 Å². The summed E-state index contributed by atoms with van der Waals surface area (Å²) in [7, 11) is 0. The van der Waals surface area contributed by atoms with Gasteiger partial charge in [-0.2, -0.15) is 26.3 Å². The van der Waals surface area contributed by atoms with Gasteiger partial charge in [-0.05, 0) is 12.8 Å². The fourth-order valence-corrected chi connectivity index (χ4v) is 0.967. The smallest absolute Gasteiger partial charge is 0.369 e. The van der Waals surface area contributed by atoms with Crippen molar-refractivity contribution in [1.29, 1.82) is 0 Å². The van der Waals surface area contributed by atoms with Crippen molar-refractivity contribution in [1.82, 2.24) is 5.32 Å². The van der Waals surface area contributed by atoms with E-state index < -0.39 is 42.8 Å². The largest absolute Gasteiger partial charge is 0.491 e. The zero-order valence-corrected chi connectivity index (χ0v) is 7.91. The number of carbonyl (C=O) groups excluding carboxylic acids is 2. The number of alkyl halides is 6. The second kappa shape index (κ2) is 3.77. The van der Waals surface area contributed by atoms with Crippen LogP contribution in [0.5, 0.6) is 0 Å². The number of esters is 1. The van der Waals surface area contributed by atoms with Crippen molar-refractivity contribution in [3.8, 4) is 0 Å². The van der Waals surface area contributed by atoms with Crippen LogP contribution < -0.4 is 5.32 Å². The van der Waals surface area contributed by atoms with Crippen LogP contribution in [-0.4, -0.2) is 30.0 Å². The topological polar surface area (TPSA) is 55.4 Å². The second-order valence-electron chi connectivity index (χ2n) is 3.38. The highest BCUT2D eigenvalue weighted by Crippen LogP contribution is 2.48. The Balaban J connectivity index is 2.55. The van der Waals surface area contributed by atoms with Gasteiger partial charge in [0, 0.05) is 0 Å². The quantitative estimate of drug-likeness (QED) is 0.447. The van der Waals surface area contributed by atoms with Gasteiger partial charge in [-0.3, -0.25) is 0 Å². The maximum atomic E-state index is 12.3. The summed E-state index contributed by atoms with van der Waals surface area (Å²) in [5.41, 5.74) is -2.57. The highest BCUT2D eigenvalue weighted by atomic mass is 19.4. The summed E-state index contributed by atoms with van der Waals surface area (Å²) in [4.78, 5) is 20.8. The van der Waals surface area contributed by atoms with E-state index in [0.717, 1.165) is 0 Å². The molecule has 10 heteroatoms. The first-order valence-corrected chi connectivity index (χ1v) is 4.16. The molecule has 1 N–H and O–H groups in total. The van der Waals surface area contributed by atoms with Gasteiger partial charge >= 0.3 is 24.4 Å². The average molecular weight is 265 g/mol. The minimum atomic E-state index is -5.44. The molecule has 0 aromatic carbocycles. The molecule has 98 valence electrons. The van der Waals surface area contributed by atoms with Crippen molar-refractivity contribution in [2.24, 2.45) is 0 Å². The Labute approximate surface area is 89.9 Å². The van der Waals surface area contributed by atoms with Crippen molar-refractivity contribution in [2.75, 3.05) is 0 Å². The van der Waals surface area contributed by atoms with Crippen LogP contribution in [0.3, 0.4) is 0 Å². The maximum Gasteiger partial charge on any atom is 0.491 e. The summed E-state index contributed by atoms with van der Waals surface area (Å²) in [5, 5.41) is 1.20. The molecule has 0 aromatic heterocycles. The number of rotatable bonds is 1. The van der Waals surface area contributed by atoms with Crippen molar-refractivity contribution in [2.45, 2.75) is 30.7 Å². The van der Waals surface area contributed by atoms with E-state index in [9.17, 15) is 35.9 Å². The van der Waals surface area contributed by atoms with Crippen molar-refractivity contribution in [3.63, 3.8) is 0 Å². The number of hydrogen-bond donors (Lipinski definition) is 1. The average Bonchev–Trinajstić information content (AvgIpc) is 2.81. The van der Waals surface area contributed by atoms with Crippen LogP contribution in [0.15, 0.2) is 0 Å². The highest BCUT2D eigenvalue weighted by Gasteiger charge is 2.65. The third-order valence-corrected chi connectivity index (χ3v) is 2.05. The number of hydrogen-bond acceptors (Lipinski definition) is 3. The predicted molar refractivity (Wildman–Crippen MR) is 38.7 cm³/mol. The first kappa shape index (κ1) is 13.6. The monoisotopic (exact) mass is 265 g/mol. The minimum Gasteiger partial charge on any atom is -0.369 e. The van der Waals surface area contributed by atoms with Crippen LogP contribution in [0.1, 0.15) is 12.8 Å². The number of halogens is 6. The van der Waals surface area contributed by atoms with E-state index in [1.54, 1.807) is 0 Å². The Morgan fingerprint density at radius 2 is 1.53 bits per heavy atom. The zero-order valence-electron chi connectivity index (χ0n) is 7.91. The molecule has 0 radical (unpaired) electrons. The lowest BCUT2D eigenvalue weighted by Crippen LogP contribution is -2.49. The molecule has 0 aromatic rings. The normalized spacial score (nSPS) is 18.5. The van der Waals surface area contributed by atoms with Gasteiger partial charge in [0.05, 0.1) is 0 Å². The molecular weight excluding hydrogens is 260 g/mol. The lowest BCUT2D eigenvalue weighted by atomic mass is 10.3. The molecule has 0 atom stereocenters. The van der Waals surface area contributed by atoms with Crippen molar-refractivity contribution >= 4 is 12.1 Å². The molecule has 1 aliphatic rings. The summed E-state index contributed by atoms with van der Waals surface area (Å²) >= 11 is 0. The van der Waals surface area contributed by atoms with Gasteiger partial charge in [0.15, 0.2) is 0 Å². The Hall–Kier alpha value is -1.48. The molecule has 1 aliphatic carbocycles. The molecule has 0 aliphatic heterocycles. The van der Waals surface area contributed by atoms with E-state index in [-0.39, 0.29) is 0 Å². The fourth-order valence-electron chi connectivity index (χ4n) is 0.967. The van der Waals surface area contributed by atoms with Gasteiger partial charge in [-0.15, -0.1) is 0 Å². The SMILES string of the molecule is O=C(NC1(C(F)(F)F)CC1)OC(=O)C(F)(F)F. The number of amides is 1. The third-order valence-electron chi connectivity index (χ3n) is 2.05.